The Morgan fingerprint density at radius 2 is 2.13 bits per heavy atom. The van der Waals surface area contributed by atoms with Gasteiger partial charge in [-0.15, -0.1) is 0 Å². The molecule has 0 aliphatic rings. The van der Waals surface area contributed by atoms with Crippen LogP contribution < -0.4 is 5.73 Å². The summed E-state index contributed by atoms with van der Waals surface area (Å²) in [6.07, 6.45) is 0. The van der Waals surface area contributed by atoms with E-state index in [0.717, 1.165) is 23.5 Å². The van der Waals surface area contributed by atoms with E-state index >= 15 is 0 Å². The molecule has 0 radical (unpaired) electrons. The highest BCUT2D eigenvalue weighted by atomic mass is 79.9. The lowest BCUT2D eigenvalue weighted by Gasteiger charge is -2.28. The summed E-state index contributed by atoms with van der Waals surface area (Å²) in [5.74, 6) is 0.970. The zero-order valence-electron chi connectivity index (χ0n) is 9.59. The first-order valence-corrected chi connectivity index (χ1v) is 5.85. The van der Waals surface area contributed by atoms with E-state index in [2.05, 4.69) is 41.7 Å². The molecule has 86 valence electrons. The Balaban J connectivity index is 2.46. The Bertz CT molecular complexity index is 309. The minimum absolute atomic E-state index is 0.151. The summed E-state index contributed by atoms with van der Waals surface area (Å²) in [5.41, 5.74) is 5.85. The molecule has 0 spiro atoms. The zero-order chi connectivity index (χ0) is 11.5. The summed E-state index contributed by atoms with van der Waals surface area (Å²) in [4.78, 5) is 2.22. The predicted octanol–water partition coefficient (Wildman–Crippen LogP) is 2.46. The SMILES string of the molecule is CN(Cc1ccc(Br)o1)CC(C)(C)CN. The Morgan fingerprint density at radius 3 is 2.60 bits per heavy atom. The van der Waals surface area contributed by atoms with Gasteiger partial charge in [0.15, 0.2) is 4.67 Å². The summed E-state index contributed by atoms with van der Waals surface area (Å²) < 4.78 is 6.23. The van der Waals surface area contributed by atoms with Crippen molar-refractivity contribution in [2.24, 2.45) is 11.1 Å². The van der Waals surface area contributed by atoms with Crippen LogP contribution in [0.3, 0.4) is 0 Å². The molecule has 0 saturated heterocycles. The summed E-state index contributed by atoms with van der Waals surface area (Å²) in [5, 5.41) is 0. The number of nitrogens with two attached hydrogens (primary N) is 1. The molecule has 0 aliphatic carbocycles. The fourth-order valence-electron chi connectivity index (χ4n) is 1.55. The molecule has 1 rings (SSSR count). The fourth-order valence-corrected chi connectivity index (χ4v) is 1.89. The third-order valence-corrected chi connectivity index (χ3v) is 2.73. The van der Waals surface area contributed by atoms with Crippen molar-refractivity contribution in [1.29, 1.82) is 0 Å². The van der Waals surface area contributed by atoms with E-state index in [-0.39, 0.29) is 5.41 Å². The van der Waals surface area contributed by atoms with Gasteiger partial charge in [0.1, 0.15) is 5.76 Å². The van der Waals surface area contributed by atoms with Crippen molar-refractivity contribution in [1.82, 2.24) is 4.90 Å². The first-order valence-electron chi connectivity index (χ1n) is 5.06. The average molecular weight is 275 g/mol. The lowest BCUT2D eigenvalue weighted by Crippen LogP contribution is -2.36. The molecule has 0 aromatic carbocycles. The van der Waals surface area contributed by atoms with Crippen LogP contribution >= 0.6 is 15.9 Å². The van der Waals surface area contributed by atoms with Gasteiger partial charge < -0.3 is 10.2 Å². The Labute approximate surface area is 99.7 Å². The molecule has 0 fully saturated rings. The van der Waals surface area contributed by atoms with E-state index in [1.807, 2.05) is 12.1 Å². The zero-order valence-corrected chi connectivity index (χ0v) is 11.2. The number of hydrogen-bond acceptors (Lipinski definition) is 3. The van der Waals surface area contributed by atoms with Gasteiger partial charge in [-0.2, -0.15) is 0 Å². The average Bonchev–Trinajstić information content (AvgIpc) is 2.50. The standard InChI is InChI=1S/C11H19BrN2O/c1-11(2,7-13)8-14(3)6-9-4-5-10(12)15-9/h4-5H,6-8,13H2,1-3H3. The Kier molecular flexibility index (Phi) is 4.37. The van der Waals surface area contributed by atoms with Crippen LogP contribution in [0.1, 0.15) is 19.6 Å². The second-order valence-corrected chi connectivity index (χ2v) is 5.53. The number of furan rings is 1. The third-order valence-electron chi connectivity index (χ3n) is 2.31. The van der Waals surface area contributed by atoms with Crippen molar-refractivity contribution < 1.29 is 4.42 Å². The van der Waals surface area contributed by atoms with Crippen molar-refractivity contribution in [2.75, 3.05) is 20.1 Å². The van der Waals surface area contributed by atoms with E-state index in [1.165, 1.54) is 0 Å². The maximum absolute atomic E-state index is 5.69. The van der Waals surface area contributed by atoms with Crippen molar-refractivity contribution in [2.45, 2.75) is 20.4 Å². The third kappa shape index (κ3) is 4.36. The predicted molar refractivity (Wildman–Crippen MR) is 65.6 cm³/mol. The van der Waals surface area contributed by atoms with E-state index in [4.69, 9.17) is 10.2 Å². The highest BCUT2D eigenvalue weighted by Gasteiger charge is 2.18. The molecule has 1 aromatic heterocycles. The van der Waals surface area contributed by atoms with Crippen molar-refractivity contribution in [3.05, 3.63) is 22.6 Å². The lowest BCUT2D eigenvalue weighted by molar-refractivity contribution is 0.197. The molecule has 1 heterocycles. The maximum Gasteiger partial charge on any atom is 0.169 e. The van der Waals surface area contributed by atoms with Crippen molar-refractivity contribution in [3.8, 4) is 0 Å². The van der Waals surface area contributed by atoms with Gasteiger partial charge in [0.2, 0.25) is 0 Å². The topological polar surface area (TPSA) is 42.4 Å². The summed E-state index contributed by atoms with van der Waals surface area (Å²) in [6.45, 7) is 6.80. The van der Waals surface area contributed by atoms with Gasteiger partial charge in [0.05, 0.1) is 6.54 Å². The van der Waals surface area contributed by atoms with E-state index in [1.54, 1.807) is 0 Å². The van der Waals surface area contributed by atoms with Gasteiger partial charge >= 0.3 is 0 Å². The number of rotatable bonds is 5. The first-order chi connectivity index (χ1) is 6.93. The van der Waals surface area contributed by atoms with E-state index in [9.17, 15) is 0 Å². The van der Waals surface area contributed by atoms with Gasteiger partial charge in [-0.3, -0.25) is 4.90 Å². The largest absolute Gasteiger partial charge is 0.453 e. The second-order valence-electron chi connectivity index (χ2n) is 4.75. The van der Waals surface area contributed by atoms with Crippen LogP contribution in [-0.4, -0.2) is 25.0 Å². The molecule has 0 bridgehead atoms. The molecule has 0 aliphatic heterocycles. The van der Waals surface area contributed by atoms with Crippen LogP contribution in [0.15, 0.2) is 21.2 Å². The molecule has 0 unspecified atom stereocenters. The molecule has 0 amide bonds. The summed E-state index contributed by atoms with van der Waals surface area (Å²) in [6, 6.07) is 3.90. The normalized spacial score (nSPS) is 12.4. The molecular weight excluding hydrogens is 256 g/mol. The second kappa shape index (κ2) is 5.14. The lowest BCUT2D eigenvalue weighted by atomic mass is 9.93. The molecule has 4 heteroatoms. The quantitative estimate of drug-likeness (QED) is 0.897. The van der Waals surface area contributed by atoms with Gasteiger partial charge in [-0.05, 0) is 47.1 Å². The molecule has 0 saturated carbocycles. The molecule has 0 atom stereocenters. The first kappa shape index (κ1) is 12.7. The molecular formula is C11H19BrN2O. The van der Waals surface area contributed by atoms with Crippen LogP contribution in [0.25, 0.3) is 0 Å². The monoisotopic (exact) mass is 274 g/mol. The fraction of sp³-hybridized carbons (Fsp3) is 0.636. The van der Waals surface area contributed by atoms with Crippen molar-refractivity contribution in [3.63, 3.8) is 0 Å². The Morgan fingerprint density at radius 1 is 1.47 bits per heavy atom. The number of nitrogens with zero attached hydrogens (tertiary/aromatic N) is 1. The van der Waals surface area contributed by atoms with Crippen molar-refractivity contribution >= 4 is 15.9 Å². The van der Waals surface area contributed by atoms with Crippen LogP contribution in [0, 0.1) is 5.41 Å². The summed E-state index contributed by atoms with van der Waals surface area (Å²) >= 11 is 3.29. The van der Waals surface area contributed by atoms with Crippen LogP contribution in [0.4, 0.5) is 0 Å². The van der Waals surface area contributed by atoms with Gasteiger partial charge in [-0.25, -0.2) is 0 Å². The molecule has 15 heavy (non-hydrogen) atoms. The minimum atomic E-state index is 0.151. The number of halogens is 1. The molecule has 2 N–H and O–H groups in total. The Hall–Kier alpha value is -0.320. The van der Waals surface area contributed by atoms with Gasteiger partial charge in [-0.1, -0.05) is 13.8 Å². The van der Waals surface area contributed by atoms with Crippen LogP contribution in [-0.2, 0) is 6.54 Å². The van der Waals surface area contributed by atoms with Crippen LogP contribution in [0.5, 0.6) is 0 Å². The smallest absolute Gasteiger partial charge is 0.169 e. The highest BCUT2D eigenvalue weighted by molar-refractivity contribution is 9.10. The molecule has 1 aromatic rings. The van der Waals surface area contributed by atoms with E-state index in [0.29, 0.717) is 6.54 Å². The van der Waals surface area contributed by atoms with E-state index < -0.39 is 0 Å². The minimum Gasteiger partial charge on any atom is -0.453 e. The van der Waals surface area contributed by atoms with Gasteiger partial charge in [0.25, 0.3) is 0 Å². The molecule has 3 nitrogen and oxygen atoms in total. The van der Waals surface area contributed by atoms with Crippen LogP contribution in [0.2, 0.25) is 0 Å². The maximum atomic E-state index is 5.69. The number of hydrogen-bond donors (Lipinski definition) is 1. The highest BCUT2D eigenvalue weighted by Crippen LogP contribution is 2.18. The van der Waals surface area contributed by atoms with Gasteiger partial charge in [0, 0.05) is 6.54 Å². The summed E-state index contributed by atoms with van der Waals surface area (Å²) in [7, 11) is 2.08.